The summed E-state index contributed by atoms with van der Waals surface area (Å²) in [5.74, 6) is -0.523. The number of aromatic amines is 1. The van der Waals surface area contributed by atoms with Crippen LogP contribution >= 0.6 is 0 Å². The van der Waals surface area contributed by atoms with Gasteiger partial charge in [0.05, 0.1) is 5.69 Å². The average molecular weight is 139 g/mol. The maximum Gasteiger partial charge on any atom is 0.267 e. The van der Waals surface area contributed by atoms with Crippen LogP contribution in [-0.2, 0) is 0 Å². The van der Waals surface area contributed by atoms with Crippen molar-refractivity contribution in [3.05, 3.63) is 17.5 Å². The van der Waals surface area contributed by atoms with Gasteiger partial charge in [-0.1, -0.05) is 0 Å². The van der Waals surface area contributed by atoms with Crippen molar-refractivity contribution in [1.29, 1.82) is 0 Å². The SMILES string of the molecule is Cc1cc(N)c(C(N)=O)[nH]1. The molecule has 0 aromatic carbocycles. The van der Waals surface area contributed by atoms with Crippen molar-refractivity contribution in [1.82, 2.24) is 4.98 Å². The number of rotatable bonds is 1. The minimum Gasteiger partial charge on any atom is -0.397 e. The Labute approximate surface area is 58.2 Å². The lowest BCUT2D eigenvalue weighted by atomic mass is 10.3. The molecule has 0 aliphatic rings. The Bertz CT molecular complexity index is 264. The van der Waals surface area contributed by atoms with Gasteiger partial charge in [-0.2, -0.15) is 0 Å². The molecule has 0 fully saturated rings. The van der Waals surface area contributed by atoms with Crippen LogP contribution in [0.5, 0.6) is 0 Å². The molecule has 0 saturated carbocycles. The fourth-order valence-electron chi connectivity index (χ4n) is 0.815. The van der Waals surface area contributed by atoms with E-state index in [0.717, 1.165) is 5.69 Å². The number of nitrogens with one attached hydrogen (secondary N) is 1. The summed E-state index contributed by atoms with van der Waals surface area (Å²) in [4.78, 5) is 13.3. The van der Waals surface area contributed by atoms with Crippen molar-refractivity contribution in [2.24, 2.45) is 5.73 Å². The first-order chi connectivity index (χ1) is 4.61. The number of H-pyrrole nitrogens is 1. The Balaban J connectivity index is 3.15. The molecule has 0 spiro atoms. The second-order valence-corrected chi connectivity index (χ2v) is 2.15. The number of primary amides is 1. The molecule has 5 N–H and O–H groups in total. The molecule has 0 aliphatic carbocycles. The number of amides is 1. The molecule has 1 heterocycles. The summed E-state index contributed by atoms with van der Waals surface area (Å²) < 4.78 is 0. The molecule has 1 rings (SSSR count). The van der Waals surface area contributed by atoms with Crippen LogP contribution in [-0.4, -0.2) is 10.9 Å². The second-order valence-electron chi connectivity index (χ2n) is 2.15. The van der Waals surface area contributed by atoms with Gasteiger partial charge in [0.25, 0.3) is 5.91 Å². The number of hydrogen-bond donors (Lipinski definition) is 3. The van der Waals surface area contributed by atoms with Crippen molar-refractivity contribution in [3.63, 3.8) is 0 Å². The van der Waals surface area contributed by atoms with E-state index in [4.69, 9.17) is 11.5 Å². The second kappa shape index (κ2) is 2.06. The Morgan fingerprint density at radius 3 is 2.50 bits per heavy atom. The lowest BCUT2D eigenvalue weighted by Crippen LogP contribution is -2.13. The molecular weight excluding hydrogens is 130 g/mol. The zero-order valence-electron chi connectivity index (χ0n) is 5.64. The number of aryl methyl sites for hydroxylation is 1. The number of nitrogens with two attached hydrogens (primary N) is 2. The van der Waals surface area contributed by atoms with Gasteiger partial charge in [0.1, 0.15) is 5.69 Å². The topological polar surface area (TPSA) is 84.9 Å². The fourth-order valence-corrected chi connectivity index (χ4v) is 0.815. The number of aromatic nitrogens is 1. The van der Waals surface area contributed by atoms with E-state index in [2.05, 4.69) is 4.98 Å². The number of hydrogen-bond acceptors (Lipinski definition) is 2. The first kappa shape index (κ1) is 6.67. The predicted octanol–water partition coefficient (Wildman–Crippen LogP) is 0.00422. The zero-order valence-corrected chi connectivity index (χ0v) is 5.64. The highest BCUT2D eigenvalue weighted by Crippen LogP contribution is 2.10. The van der Waals surface area contributed by atoms with E-state index in [0.29, 0.717) is 5.69 Å². The summed E-state index contributed by atoms with van der Waals surface area (Å²) in [6.45, 7) is 1.81. The molecule has 0 bridgehead atoms. The van der Waals surface area contributed by atoms with E-state index in [1.54, 1.807) is 6.07 Å². The monoisotopic (exact) mass is 139 g/mol. The molecule has 54 valence electrons. The molecule has 1 aromatic heterocycles. The quantitative estimate of drug-likeness (QED) is 0.511. The highest BCUT2D eigenvalue weighted by molar-refractivity contribution is 5.96. The predicted molar refractivity (Wildman–Crippen MR) is 38.5 cm³/mol. The molecular formula is C6H9N3O. The van der Waals surface area contributed by atoms with Crippen LogP contribution in [0.1, 0.15) is 16.2 Å². The van der Waals surface area contributed by atoms with Crippen LogP contribution in [0.3, 0.4) is 0 Å². The zero-order chi connectivity index (χ0) is 7.72. The summed E-state index contributed by atoms with van der Waals surface area (Å²) >= 11 is 0. The van der Waals surface area contributed by atoms with Gasteiger partial charge in [-0.15, -0.1) is 0 Å². The van der Waals surface area contributed by atoms with Crippen molar-refractivity contribution in [2.45, 2.75) is 6.92 Å². The minimum atomic E-state index is -0.523. The van der Waals surface area contributed by atoms with Gasteiger partial charge >= 0.3 is 0 Å². The van der Waals surface area contributed by atoms with Crippen molar-refractivity contribution >= 4 is 11.6 Å². The van der Waals surface area contributed by atoms with Gasteiger partial charge in [-0.25, -0.2) is 0 Å². The third-order valence-electron chi connectivity index (χ3n) is 1.23. The number of carbonyl (C=O) groups excluding carboxylic acids is 1. The third-order valence-corrected chi connectivity index (χ3v) is 1.23. The van der Waals surface area contributed by atoms with Crippen LogP contribution < -0.4 is 11.5 Å². The van der Waals surface area contributed by atoms with Crippen LogP contribution in [0, 0.1) is 6.92 Å². The lowest BCUT2D eigenvalue weighted by Gasteiger charge is -1.89. The Hall–Kier alpha value is -1.45. The van der Waals surface area contributed by atoms with Crippen molar-refractivity contribution < 1.29 is 4.79 Å². The molecule has 4 nitrogen and oxygen atoms in total. The van der Waals surface area contributed by atoms with Crippen LogP contribution in [0.2, 0.25) is 0 Å². The van der Waals surface area contributed by atoms with Gasteiger partial charge in [0, 0.05) is 5.69 Å². The molecule has 0 atom stereocenters. The largest absolute Gasteiger partial charge is 0.397 e. The molecule has 0 radical (unpaired) electrons. The van der Waals surface area contributed by atoms with Gasteiger partial charge in [0.15, 0.2) is 0 Å². The lowest BCUT2D eigenvalue weighted by molar-refractivity contribution is 0.0997. The number of anilines is 1. The molecule has 10 heavy (non-hydrogen) atoms. The normalized spacial score (nSPS) is 9.70. The van der Waals surface area contributed by atoms with E-state index in [9.17, 15) is 4.79 Å². The van der Waals surface area contributed by atoms with Crippen LogP contribution in [0.15, 0.2) is 6.07 Å². The van der Waals surface area contributed by atoms with E-state index < -0.39 is 5.91 Å². The number of nitrogen functional groups attached to an aromatic ring is 1. The summed E-state index contributed by atoms with van der Waals surface area (Å²) in [5, 5.41) is 0. The minimum absolute atomic E-state index is 0.289. The first-order valence-electron chi connectivity index (χ1n) is 2.86. The maximum absolute atomic E-state index is 10.5. The molecule has 0 aliphatic heterocycles. The molecule has 4 heteroatoms. The Morgan fingerprint density at radius 2 is 2.30 bits per heavy atom. The highest BCUT2D eigenvalue weighted by atomic mass is 16.1. The third kappa shape index (κ3) is 0.953. The summed E-state index contributed by atoms with van der Waals surface area (Å²) in [6, 6.07) is 1.67. The Morgan fingerprint density at radius 1 is 1.70 bits per heavy atom. The average Bonchev–Trinajstić information content (AvgIpc) is 2.10. The maximum atomic E-state index is 10.5. The summed E-state index contributed by atoms with van der Waals surface area (Å²) in [6.07, 6.45) is 0. The summed E-state index contributed by atoms with van der Waals surface area (Å²) in [7, 11) is 0. The van der Waals surface area contributed by atoms with E-state index in [-0.39, 0.29) is 5.69 Å². The van der Waals surface area contributed by atoms with Gasteiger partial charge in [0.2, 0.25) is 0 Å². The Kier molecular flexibility index (Phi) is 1.37. The first-order valence-corrected chi connectivity index (χ1v) is 2.86. The van der Waals surface area contributed by atoms with Gasteiger partial charge in [-0.05, 0) is 13.0 Å². The van der Waals surface area contributed by atoms with Gasteiger partial charge in [-0.3, -0.25) is 4.79 Å². The molecule has 0 unspecified atom stereocenters. The number of carbonyl (C=O) groups is 1. The van der Waals surface area contributed by atoms with Crippen LogP contribution in [0.4, 0.5) is 5.69 Å². The summed E-state index contributed by atoms with van der Waals surface area (Å²) in [5.41, 5.74) is 11.9. The fraction of sp³-hybridized carbons (Fsp3) is 0.167. The van der Waals surface area contributed by atoms with Crippen molar-refractivity contribution in [3.8, 4) is 0 Å². The standard InChI is InChI=1S/C6H9N3O/c1-3-2-4(7)5(9-3)6(8)10/h2,9H,7H2,1H3,(H2,8,10). The highest BCUT2D eigenvalue weighted by Gasteiger charge is 2.06. The van der Waals surface area contributed by atoms with Crippen molar-refractivity contribution in [2.75, 3.05) is 5.73 Å². The van der Waals surface area contributed by atoms with Crippen LogP contribution in [0.25, 0.3) is 0 Å². The molecule has 0 saturated heterocycles. The smallest absolute Gasteiger partial charge is 0.267 e. The van der Waals surface area contributed by atoms with Gasteiger partial charge < -0.3 is 16.5 Å². The van der Waals surface area contributed by atoms with E-state index in [1.807, 2.05) is 6.92 Å². The molecule has 1 amide bonds. The van der Waals surface area contributed by atoms with E-state index >= 15 is 0 Å². The van der Waals surface area contributed by atoms with E-state index in [1.165, 1.54) is 0 Å². The molecule has 1 aromatic rings.